The van der Waals surface area contributed by atoms with Crippen molar-refractivity contribution in [3.8, 4) is 5.75 Å². The van der Waals surface area contributed by atoms with Gasteiger partial charge < -0.3 is 4.74 Å². The van der Waals surface area contributed by atoms with Crippen LogP contribution in [0.2, 0.25) is 13.7 Å². The highest BCUT2D eigenvalue weighted by Crippen LogP contribution is 2.36. The standard InChI is InChI=1S/C14H9Cl3O2S/c15-9-3-7-1-2-19-13(7)8(4-9)5-11(18)10-6-12(16)20-14(10)17/h3-4,6H,1-2,5H2. The molecule has 0 amide bonds. The Kier molecular flexibility index (Phi) is 3.95. The van der Waals surface area contributed by atoms with Crippen LogP contribution in [0.4, 0.5) is 0 Å². The smallest absolute Gasteiger partial charge is 0.169 e. The van der Waals surface area contributed by atoms with Gasteiger partial charge in [-0.25, -0.2) is 0 Å². The summed E-state index contributed by atoms with van der Waals surface area (Å²) in [6.07, 6.45) is 1.03. The van der Waals surface area contributed by atoms with Crippen LogP contribution in [-0.4, -0.2) is 12.4 Å². The molecular weight excluding hydrogens is 339 g/mol. The quantitative estimate of drug-likeness (QED) is 0.725. The van der Waals surface area contributed by atoms with Crippen molar-refractivity contribution in [2.75, 3.05) is 6.61 Å². The lowest BCUT2D eigenvalue weighted by atomic mass is 10.0. The van der Waals surface area contributed by atoms with Gasteiger partial charge in [0.05, 0.1) is 10.9 Å². The van der Waals surface area contributed by atoms with Crippen LogP contribution in [-0.2, 0) is 12.8 Å². The molecule has 0 saturated carbocycles. The minimum atomic E-state index is -0.0851. The molecule has 0 fully saturated rings. The van der Waals surface area contributed by atoms with Crippen LogP contribution in [0.5, 0.6) is 5.75 Å². The Morgan fingerprint density at radius 2 is 2.05 bits per heavy atom. The zero-order valence-electron chi connectivity index (χ0n) is 10.2. The second kappa shape index (κ2) is 5.57. The van der Waals surface area contributed by atoms with Gasteiger partial charge in [0.25, 0.3) is 0 Å². The summed E-state index contributed by atoms with van der Waals surface area (Å²) >= 11 is 19.1. The van der Waals surface area contributed by atoms with Gasteiger partial charge in [-0.15, -0.1) is 11.3 Å². The maximum Gasteiger partial charge on any atom is 0.169 e. The third-order valence-electron chi connectivity index (χ3n) is 3.13. The van der Waals surface area contributed by atoms with Crippen molar-refractivity contribution >= 4 is 51.9 Å². The Bertz CT molecular complexity index is 694. The molecule has 0 saturated heterocycles. The predicted octanol–water partition coefficient (Wildman–Crippen LogP) is 5.07. The number of carbonyl (C=O) groups excluding carboxylic acids is 1. The number of rotatable bonds is 3. The Morgan fingerprint density at radius 1 is 1.25 bits per heavy atom. The van der Waals surface area contributed by atoms with E-state index in [9.17, 15) is 4.79 Å². The Balaban J connectivity index is 1.92. The first kappa shape index (κ1) is 14.2. The van der Waals surface area contributed by atoms with Crippen LogP contribution in [0.15, 0.2) is 18.2 Å². The molecule has 2 aromatic rings. The molecule has 1 aromatic heterocycles. The van der Waals surface area contributed by atoms with Crippen molar-refractivity contribution in [3.05, 3.63) is 48.6 Å². The largest absolute Gasteiger partial charge is 0.493 e. The number of Topliss-reactive ketones (excluding diaryl/α,β-unsaturated/α-hetero) is 1. The van der Waals surface area contributed by atoms with Crippen molar-refractivity contribution in [2.45, 2.75) is 12.8 Å². The molecule has 2 nitrogen and oxygen atoms in total. The molecule has 1 aliphatic rings. The maximum absolute atomic E-state index is 12.3. The number of thiophene rings is 1. The van der Waals surface area contributed by atoms with Gasteiger partial charge in [-0.3, -0.25) is 4.79 Å². The number of hydrogen-bond donors (Lipinski definition) is 0. The van der Waals surface area contributed by atoms with E-state index in [1.807, 2.05) is 6.07 Å². The molecule has 2 heterocycles. The summed E-state index contributed by atoms with van der Waals surface area (Å²) in [6, 6.07) is 5.25. The van der Waals surface area contributed by atoms with Gasteiger partial charge in [0.1, 0.15) is 10.1 Å². The second-order valence-corrected chi connectivity index (χ2v) is 7.21. The third-order valence-corrected chi connectivity index (χ3v) is 4.84. The van der Waals surface area contributed by atoms with E-state index in [2.05, 4.69) is 0 Å². The van der Waals surface area contributed by atoms with Crippen molar-refractivity contribution < 1.29 is 9.53 Å². The van der Waals surface area contributed by atoms with Gasteiger partial charge in [0.2, 0.25) is 0 Å². The molecule has 104 valence electrons. The van der Waals surface area contributed by atoms with Crippen LogP contribution >= 0.6 is 46.1 Å². The van der Waals surface area contributed by atoms with Gasteiger partial charge in [-0.2, -0.15) is 0 Å². The minimum Gasteiger partial charge on any atom is -0.493 e. The van der Waals surface area contributed by atoms with Crippen LogP contribution in [0.1, 0.15) is 21.5 Å². The number of ether oxygens (including phenoxy) is 1. The zero-order valence-corrected chi connectivity index (χ0v) is 13.3. The van der Waals surface area contributed by atoms with Crippen LogP contribution in [0.25, 0.3) is 0 Å². The van der Waals surface area contributed by atoms with E-state index >= 15 is 0 Å². The topological polar surface area (TPSA) is 26.3 Å². The van der Waals surface area contributed by atoms with Crippen molar-refractivity contribution in [1.29, 1.82) is 0 Å². The summed E-state index contributed by atoms with van der Waals surface area (Å²) < 4.78 is 6.51. The molecule has 0 bridgehead atoms. The number of ketones is 1. The van der Waals surface area contributed by atoms with Crippen LogP contribution in [0, 0.1) is 0 Å². The fourth-order valence-corrected chi connectivity index (χ4v) is 4.04. The predicted molar refractivity (Wildman–Crippen MR) is 83.0 cm³/mol. The molecule has 0 N–H and O–H groups in total. The lowest BCUT2D eigenvalue weighted by Gasteiger charge is -2.08. The molecule has 20 heavy (non-hydrogen) atoms. The number of fused-ring (bicyclic) bond motifs is 1. The summed E-state index contributed by atoms with van der Waals surface area (Å²) in [6.45, 7) is 0.627. The Morgan fingerprint density at radius 3 is 2.75 bits per heavy atom. The lowest BCUT2D eigenvalue weighted by molar-refractivity contribution is 0.0992. The number of benzene rings is 1. The average molecular weight is 348 g/mol. The van der Waals surface area contributed by atoms with E-state index in [-0.39, 0.29) is 12.2 Å². The highest BCUT2D eigenvalue weighted by Gasteiger charge is 2.21. The third kappa shape index (κ3) is 2.68. The van der Waals surface area contributed by atoms with Crippen molar-refractivity contribution in [3.63, 3.8) is 0 Å². The lowest BCUT2D eigenvalue weighted by Crippen LogP contribution is -2.04. The minimum absolute atomic E-state index is 0.0851. The van der Waals surface area contributed by atoms with E-state index in [0.29, 0.717) is 25.9 Å². The first-order valence-corrected chi connectivity index (χ1v) is 7.92. The first-order valence-electron chi connectivity index (χ1n) is 5.96. The molecule has 3 rings (SSSR count). The summed E-state index contributed by atoms with van der Waals surface area (Å²) in [7, 11) is 0. The number of hydrogen-bond acceptors (Lipinski definition) is 3. The van der Waals surface area contributed by atoms with Gasteiger partial charge >= 0.3 is 0 Å². The van der Waals surface area contributed by atoms with Gasteiger partial charge in [-0.1, -0.05) is 34.8 Å². The molecule has 1 aromatic carbocycles. The van der Waals surface area contributed by atoms with E-state index in [0.717, 1.165) is 23.3 Å². The maximum atomic E-state index is 12.3. The summed E-state index contributed by atoms with van der Waals surface area (Å²) in [4.78, 5) is 12.3. The molecule has 1 aliphatic heterocycles. The Labute approximate surface area is 135 Å². The van der Waals surface area contributed by atoms with Crippen molar-refractivity contribution in [1.82, 2.24) is 0 Å². The SMILES string of the molecule is O=C(Cc1cc(Cl)cc2c1OCC2)c1cc(Cl)sc1Cl. The van der Waals surface area contributed by atoms with Gasteiger partial charge in [0, 0.05) is 29.0 Å². The monoisotopic (exact) mass is 346 g/mol. The summed E-state index contributed by atoms with van der Waals surface area (Å²) in [5, 5.41) is 0.617. The summed E-state index contributed by atoms with van der Waals surface area (Å²) in [5.74, 6) is 0.693. The molecule has 0 atom stereocenters. The average Bonchev–Trinajstić information content (AvgIpc) is 2.95. The highest BCUT2D eigenvalue weighted by molar-refractivity contribution is 7.20. The normalized spacial score (nSPS) is 13.2. The van der Waals surface area contributed by atoms with Crippen LogP contribution < -0.4 is 4.74 Å². The molecule has 0 aliphatic carbocycles. The first-order chi connectivity index (χ1) is 9.54. The van der Waals surface area contributed by atoms with Gasteiger partial charge in [0.15, 0.2) is 5.78 Å². The second-order valence-electron chi connectivity index (χ2n) is 4.49. The van der Waals surface area contributed by atoms with Gasteiger partial charge in [-0.05, 0) is 23.8 Å². The fraction of sp³-hybridized carbons (Fsp3) is 0.214. The van der Waals surface area contributed by atoms with Crippen molar-refractivity contribution in [2.24, 2.45) is 0 Å². The van der Waals surface area contributed by atoms with E-state index in [1.165, 1.54) is 11.3 Å². The molecular formula is C14H9Cl3O2S. The van der Waals surface area contributed by atoms with E-state index in [4.69, 9.17) is 39.5 Å². The Hall–Kier alpha value is -0.740. The van der Waals surface area contributed by atoms with E-state index in [1.54, 1.807) is 12.1 Å². The number of halogens is 3. The van der Waals surface area contributed by atoms with Crippen LogP contribution in [0.3, 0.4) is 0 Å². The molecule has 0 radical (unpaired) electrons. The fourth-order valence-electron chi connectivity index (χ4n) is 2.28. The molecule has 0 spiro atoms. The molecule has 0 unspecified atom stereocenters. The zero-order chi connectivity index (χ0) is 14.3. The molecule has 6 heteroatoms. The van der Waals surface area contributed by atoms with E-state index < -0.39 is 0 Å². The number of carbonyl (C=O) groups is 1. The highest BCUT2D eigenvalue weighted by atomic mass is 35.5. The summed E-state index contributed by atoms with van der Waals surface area (Å²) in [5.41, 5.74) is 2.30.